The minimum atomic E-state index is -0.767. The van der Waals surface area contributed by atoms with E-state index in [4.69, 9.17) is 0 Å². The van der Waals surface area contributed by atoms with Gasteiger partial charge in [-0.05, 0) is 90.1 Å². The first-order chi connectivity index (χ1) is 18.4. The van der Waals surface area contributed by atoms with Gasteiger partial charge in [-0.25, -0.2) is 13.2 Å². The lowest BCUT2D eigenvalue weighted by Crippen LogP contribution is -2.51. The number of amides is 1. The Morgan fingerprint density at radius 3 is 1.66 bits per heavy atom. The van der Waals surface area contributed by atoms with Gasteiger partial charge >= 0.3 is 0 Å². The van der Waals surface area contributed by atoms with E-state index in [9.17, 15) is 18.0 Å². The van der Waals surface area contributed by atoms with Crippen molar-refractivity contribution in [2.24, 2.45) is 0 Å². The number of halogens is 3. The molecule has 4 aromatic carbocycles. The molecule has 1 fully saturated rings. The van der Waals surface area contributed by atoms with E-state index < -0.39 is 5.41 Å². The van der Waals surface area contributed by atoms with Crippen LogP contribution in [-0.4, -0.2) is 23.9 Å². The molecule has 0 radical (unpaired) electrons. The highest BCUT2D eigenvalue weighted by Gasteiger charge is 2.42. The first-order valence-corrected chi connectivity index (χ1v) is 12.8. The molecule has 3 nitrogen and oxygen atoms in total. The summed E-state index contributed by atoms with van der Waals surface area (Å²) in [5, 5.41) is 3.03. The quantitative estimate of drug-likeness (QED) is 0.301. The van der Waals surface area contributed by atoms with Crippen LogP contribution in [0.3, 0.4) is 0 Å². The maximum Gasteiger partial charge on any atom is 0.231 e. The van der Waals surface area contributed by atoms with Crippen LogP contribution in [0.25, 0.3) is 11.1 Å². The first-order valence-electron chi connectivity index (χ1n) is 12.8. The van der Waals surface area contributed by atoms with Gasteiger partial charge in [0, 0.05) is 13.1 Å². The molecule has 0 saturated carbocycles. The standard InChI is InChI=1S/C32H29F3N2O/c33-28-11-3-23(4-12-28)21-36-31(38)32(27-9-15-30(35)16-10-27)17-19-37(20-18-32)22-24-1-5-25(6-2-24)26-7-13-29(34)14-8-26/h1-16H,17-22H2,(H,36,38). The summed E-state index contributed by atoms with van der Waals surface area (Å²) in [5.74, 6) is -1.01. The average Bonchev–Trinajstić information content (AvgIpc) is 2.94. The van der Waals surface area contributed by atoms with Crippen molar-refractivity contribution < 1.29 is 18.0 Å². The van der Waals surface area contributed by atoms with Gasteiger partial charge in [-0.2, -0.15) is 0 Å². The molecule has 38 heavy (non-hydrogen) atoms. The summed E-state index contributed by atoms with van der Waals surface area (Å²) in [6.45, 7) is 2.47. The number of likely N-dealkylation sites (tertiary alicyclic amines) is 1. The van der Waals surface area contributed by atoms with Crippen molar-refractivity contribution in [1.29, 1.82) is 0 Å². The van der Waals surface area contributed by atoms with Gasteiger partial charge in [0.25, 0.3) is 0 Å². The van der Waals surface area contributed by atoms with Gasteiger partial charge in [0.15, 0.2) is 0 Å². The molecular weight excluding hydrogens is 485 g/mol. The monoisotopic (exact) mass is 514 g/mol. The number of rotatable bonds is 7. The molecule has 4 aromatic rings. The van der Waals surface area contributed by atoms with Crippen LogP contribution in [0.1, 0.15) is 29.5 Å². The third-order valence-corrected chi connectivity index (χ3v) is 7.45. The highest BCUT2D eigenvalue weighted by molar-refractivity contribution is 5.88. The van der Waals surface area contributed by atoms with Crippen molar-refractivity contribution in [3.05, 3.63) is 131 Å². The van der Waals surface area contributed by atoms with Crippen molar-refractivity contribution in [3.8, 4) is 11.1 Å². The Morgan fingerprint density at radius 1 is 0.658 bits per heavy atom. The second-order valence-corrected chi connectivity index (χ2v) is 9.88. The molecule has 1 saturated heterocycles. The summed E-state index contributed by atoms with van der Waals surface area (Å²) in [7, 11) is 0. The van der Waals surface area contributed by atoms with Crippen LogP contribution in [0.2, 0.25) is 0 Å². The van der Waals surface area contributed by atoms with E-state index in [0.717, 1.165) is 34.4 Å². The van der Waals surface area contributed by atoms with Crippen molar-refractivity contribution in [1.82, 2.24) is 10.2 Å². The summed E-state index contributed by atoms with van der Waals surface area (Å²) < 4.78 is 40.2. The number of nitrogens with zero attached hydrogens (tertiary/aromatic N) is 1. The molecule has 0 spiro atoms. The van der Waals surface area contributed by atoms with Crippen LogP contribution in [0.15, 0.2) is 97.1 Å². The van der Waals surface area contributed by atoms with Crippen LogP contribution in [0, 0.1) is 17.5 Å². The Bertz CT molecular complexity index is 1360. The topological polar surface area (TPSA) is 32.3 Å². The molecule has 1 aliphatic heterocycles. The van der Waals surface area contributed by atoms with Crippen molar-refractivity contribution >= 4 is 5.91 Å². The summed E-state index contributed by atoms with van der Waals surface area (Å²) in [4.78, 5) is 15.9. The second-order valence-electron chi connectivity index (χ2n) is 9.88. The largest absolute Gasteiger partial charge is 0.351 e. The maximum atomic E-state index is 13.7. The Hall–Kier alpha value is -3.90. The zero-order valence-electron chi connectivity index (χ0n) is 21.0. The molecule has 1 heterocycles. The van der Waals surface area contributed by atoms with Crippen LogP contribution >= 0.6 is 0 Å². The molecule has 1 amide bonds. The Morgan fingerprint density at radius 2 is 1.11 bits per heavy atom. The van der Waals surface area contributed by atoms with Gasteiger partial charge in [0.2, 0.25) is 5.91 Å². The van der Waals surface area contributed by atoms with E-state index in [1.807, 2.05) is 12.1 Å². The van der Waals surface area contributed by atoms with Crippen molar-refractivity contribution in [2.75, 3.05) is 13.1 Å². The third-order valence-electron chi connectivity index (χ3n) is 7.45. The normalized spacial score (nSPS) is 15.2. The Kier molecular flexibility index (Phi) is 7.61. The van der Waals surface area contributed by atoms with Crippen molar-refractivity contribution in [2.45, 2.75) is 31.3 Å². The van der Waals surface area contributed by atoms with E-state index in [-0.39, 0.29) is 23.4 Å². The van der Waals surface area contributed by atoms with Crippen LogP contribution in [0.4, 0.5) is 13.2 Å². The summed E-state index contributed by atoms with van der Waals surface area (Å²) in [6, 6.07) is 27.0. The van der Waals surface area contributed by atoms with Gasteiger partial charge in [-0.15, -0.1) is 0 Å². The molecule has 0 aliphatic carbocycles. The number of nitrogens with one attached hydrogen (secondary N) is 1. The fourth-order valence-corrected chi connectivity index (χ4v) is 5.17. The molecule has 194 valence electrons. The number of carbonyl (C=O) groups excluding carboxylic acids is 1. The van der Waals surface area contributed by atoms with Gasteiger partial charge in [-0.1, -0.05) is 60.7 Å². The lowest BCUT2D eigenvalue weighted by Gasteiger charge is -2.41. The van der Waals surface area contributed by atoms with Gasteiger partial charge in [0.05, 0.1) is 5.41 Å². The predicted octanol–water partition coefficient (Wildman–Crippen LogP) is 6.62. The molecule has 6 heteroatoms. The lowest BCUT2D eigenvalue weighted by molar-refractivity contribution is -0.129. The number of hydrogen-bond donors (Lipinski definition) is 1. The minimum absolute atomic E-state index is 0.100. The summed E-state index contributed by atoms with van der Waals surface area (Å²) in [5.41, 5.74) is 4.00. The SMILES string of the molecule is O=C(NCc1ccc(F)cc1)C1(c2ccc(F)cc2)CCN(Cc2ccc(-c3ccc(F)cc3)cc2)CC1. The number of carbonyl (C=O) groups is 1. The van der Waals surface area contributed by atoms with Gasteiger partial charge < -0.3 is 5.32 Å². The number of benzene rings is 4. The zero-order valence-corrected chi connectivity index (χ0v) is 21.0. The predicted molar refractivity (Wildman–Crippen MR) is 143 cm³/mol. The molecule has 1 aliphatic rings. The second kappa shape index (κ2) is 11.2. The minimum Gasteiger partial charge on any atom is -0.351 e. The molecule has 1 N–H and O–H groups in total. The molecule has 0 bridgehead atoms. The summed E-state index contributed by atoms with van der Waals surface area (Å²) in [6.07, 6.45) is 1.20. The first kappa shape index (κ1) is 25.7. The Balaban J connectivity index is 1.26. The Labute approximate surface area is 220 Å². The van der Waals surface area contributed by atoms with Crippen LogP contribution in [-0.2, 0) is 23.3 Å². The lowest BCUT2D eigenvalue weighted by atomic mass is 9.72. The van der Waals surface area contributed by atoms with E-state index in [2.05, 4.69) is 22.3 Å². The molecule has 0 atom stereocenters. The van der Waals surface area contributed by atoms with Gasteiger partial charge in [-0.3, -0.25) is 9.69 Å². The number of hydrogen-bond acceptors (Lipinski definition) is 2. The smallest absolute Gasteiger partial charge is 0.231 e. The van der Waals surface area contributed by atoms with E-state index in [0.29, 0.717) is 32.5 Å². The molecular formula is C32H29F3N2O. The van der Waals surface area contributed by atoms with Gasteiger partial charge in [0.1, 0.15) is 17.5 Å². The highest BCUT2D eigenvalue weighted by Crippen LogP contribution is 2.37. The third kappa shape index (κ3) is 5.81. The summed E-state index contributed by atoms with van der Waals surface area (Å²) >= 11 is 0. The van der Waals surface area contributed by atoms with E-state index in [1.54, 1.807) is 36.4 Å². The fourth-order valence-electron chi connectivity index (χ4n) is 5.17. The maximum absolute atomic E-state index is 13.7. The van der Waals surface area contributed by atoms with Crippen molar-refractivity contribution in [3.63, 3.8) is 0 Å². The zero-order chi connectivity index (χ0) is 26.5. The average molecular weight is 515 g/mol. The van der Waals surface area contributed by atoms with Crippen LogP contribution < -0.4 is 5.32 Å². The highest BCUT2D eigenvalue weighted by atomic mass is 19.1. The van der Waals surface area contributed by atoms with E-state index >= 15 is 0 Å². The molecule has 5 rings (SSSR count). The van der Waals surface area contributed by atoms with E-state index in [1.165, 1.54) is 36.4 Å². The molecule has 0 unspecified atom stereocenters. The number of piperidine rings is 1. The fraction of sp³-hybridized carbons (Fsp3) is 0.219. The van der Waals surface area contributed by atoms with Crippen LogP contribution in [0.5, 0.6) is 0 Å². The molecule has 0 aromatic heterocycles.